The second kappa shape index (κ2) is 6.18. The minimum Gasteiger partial charge on any atom is -0.373 e. The van der Waals surface area contributed by atoms with E-state index >= 15 is 0 Å². The van der Waals surface area contributed by atoms with Crippen LogP contribution >= 0.6 is 0 Å². The number of unbranched alkanes of at least 4 members (excludes halogenated alkanes) is 1. The highest BCUT2D eigenvalue weighted by Crippen LogP contribution is 2.15. The maximum atomic E-state index is 11.1. The fourth-order valence-corrected chi connectivity index (χ4v) is 1.48. The standard InChI is InChI=1S/C10H20O2/c1-5-6-7-8(2)10(12-4)9(3)11/h8,10H,5-7H2,1-4H3. The van der Waals surface area contributed by atoms with Gasteiger partial charge in [0.25, 0.3) is 0 Å². The van der Waals surface area contributed by atoms with Crippen LogP contribution in [0.2, 0.25) is 0 Å². The molecule has 0 aliphatic rings. The summed E-state index contributed by atoms with van der Waals surface area (Å²) in [7, 11) is 1.61. The van der Waals surface area contributed by atoms with Gasteiger partial charge in [-0.25, -0.2) is 0 Å². The van der Waals surface area contributed by atoms with E-state index in [0.29, 0.717) is 5.92 Å². The van der Waals surface area contributed by atoms with Gasteiger partial charge in [0.15, 0.2) is 5.78 Å². The average Bonchev–Trinajstić information content (AvgIpc) is 2.01. The fraction of sp³-hybridized carbons (Fsp3) is 0.900. The number of hydrogen-bond donors (Lipinski definition) is 0. The van der Waals surface area contributed by atoms with Gasteiger partial charge >= 0.3 is 0 Å². The van der Waals surface area contributed by atoms with Crippen molar-refractivity contribution in [2.45, 2.75) is 46.1 Å². The molecule has 12 heavy (non-hydrogen) atoms. The number of rotatable bonds is 6. The van der Waals surface area contributed by atoms with Crippen LogP contribution in [0.5, 0.6) is 0 Å². The zero-order valence-electron chi connectivity index (χ0n) is 8.59. The quantitative estimate of drug-likeness (QED) is 0.615. The molecule has 0 aromatic heterocycles. The Labute approximate surface area is 75.3 Å². The molecule has 0 fully saturated rings. The van der Waals surface area contributed by atoms with Gasteiger partial charge in [-0.05, 0) is 19.3 Å². The number of methoxy groups -OCH3 is 1. The predicted octanol–water partition coefficient (Wildman–Crippen LogP) is 2.42. The first kappa shape index (κ1) is 11.6. The highest BCUT2D eigenvalue weighted by Gasteiger charge is 2.20. The molecular formula is C10H20O2. The van der Waals surface area contributed by atoms with Crippen LogP contribution in [0.25, 0.3) is 0 Å². The molecule has 0 heterocycles. The number of carbonyl (C=O) groups excluding carboxylic acids is 1. The molecule has 0 aliphatic heterocycles. The number of carbonyl (C=O) groups is 1. The van der Waals surface area contributed by atoms with Crippen molar-refractivity contribution in [3.05, 3.63) is 0 Å². The van der Waals surface area contributed by atoms with Crippen molar-refractivity contribution in [3.63, 3.8) is 0 Å². The van der Waals surface area contributed by atoms with Crippen LogP contribution in [0.1, 0.15) is 40.0 Å². The van der Waals surface area contributed by atoms with Crippen LogP contribution in [-0.4, -0.2) is 19.0 Å². The van der Waals surface area contributed by atoms with E-state index in [9.17, 15) is 4.79 Å². The summed E-state index contributed by atoms with van der Waals surface area (Å²) in [6.07, 6.45) is 3.23. The molecule has 0 N–H and O–H groups in total. The lowest BCUT2D eigenvalue weighted by atomic mass is 9.96. The lowest BCUT2D eigenvalue weighted by Gasteiger charge is -2.19. The lowest BCUT2D eigenvalue weighted by molar-refractivity contribution is -0.129. The predicted molar refractivity (Wildman–Crippen MR) is 50.2 cm³/mol. The fourth-order valence-electron chi connectivity index (χ4n) is 1.48. The van der Waals surface area contributed by atoms with Crippen molar-refractivity contribution in [2.24, 2.45) is 5.92 Å². The number of Topliss-reactive ketones (excluding diaryl/α,β-unsaturated/α-hetero) is 1. The van der Waals surface area contributed by atoms with Crippen LogP contribution in [0.4, 0.5) is 0 Å². The summed E-state index contributed by atoms with van der Waals surface area (Å²) in [6, 6.07) is 0. The van der Waals surface area contributed by atoms with Crippen LogP contribution in [0.3, 0.4) is 0 Å². The highest BCUT2D eigenvalue weighted by molar-refractivity contribution is 5.80. The van der Waals surface area contributed by atoms with Gasteiger partial charge in [0, 0.05) is 7.11 Å². The first-order valence-electron chi connectivity index (χ1n) is 4.66. The zero-order valence-corrected chi connectivity index (χ0v) is 8.59. The van der Waals surface area contributed by atoms with Crippen LogP contribution < -0.4 is 0 Å². The van der Waals surface area contributed by atoms with Crippen molar-refractivity contribution in [1.29, 1.82) is 0 Å². The highest BCUT2D eigenvalue weighted by atomic mass is 16.5. The van der Waals surface area contributed by atoms with E-state index in [2.05, 4.69) is 13.8 Å². The monoisotopic (exact) mass is 172 g/mol. The molecule has 0 aromatic rings. The second-order valence-corrected chi connectivity index (χ2v) is 3.39. The third-order valence-corrected chi connectivity index (χ3v) is 2.18. The topological polar surface area (TPSA) is 26.3 Å². The summed E-state index contributed by atoms with van der Waals surface area (Å²) >= 11 is 0. The van der Waals surface area contributed by atoms with Gasteiger partial charge in [0.1, 0.15) is 6.10 Å². The molecule has 0 aromatic carbocycles. The van der Waals surface area contributed by atoms with E-state index < -0.39 is 0 Å². The second-order valence-electron chi connectivity index (χ2n) is 3.39. The average molecular weight is 172 g/mol. The summed E-state index contributed by atoms with van der Waals surface area (Å²) in [5.74, 6) is 0.494. The van der Waals surface area contributed by atoms with Gasteiger partial charge < -0.3 is 4.74 Å². The molecule has 0 aliphatic carbocycles. The molecule has 0 rings (SSSR count). The largest absolute Gasteiger partial charge is 0.373 e. The van der Waals surface area contributed by atoms with E-state index in [-0.39, 0.29) is 11.9 Å². The van der Waals surface area contributed by atoms with Crippen molar-refractivity contribution in [3.8, 4) is 0 Å². The molecule has 0 saturated carbocycles. The number of ketones is 1. The van der Waals surface area contributed by atoms with Gasteiger partial charge in [-0.3, -0.25) is 4.79 Å². The molecule has 0 amide bonds. The Hall–Kier alpha value is -0.370. The van der Waals surface area contributed by atoms with Crippen LogP contribution in [-0.2, 0) is 9.53 Å². The molecule has 2 unspecified atom stereocenters. The van der Waals surface area contributed by atoms with Crippen molar-refractivity contribution in [1.82, 2.24) is 0 Å². The Morgan fingerprint density at radius 2 is 2.08 bits per heavy atom. The Kier molecular flexibility index (Phi) is 5.99. The van der Waals surface area contributed by atoms with Crippen molar-refractivity contribution >= 4 is 5.78 Å². The lowest BCUT2D eigenvalue weighted by Crippen LogP contribution is -2.27. The maximum absolute atomic E-state index is 11.1. The maximum Gasteiger partial charge on any atom is 0.158 e. The summed E-state index contributed by atoms with van der Waals surface area (Å²) < 4.78 is 5.12. The van der Waals surface area contributed by atoms with Crippen LogP contribution in [0.15, 0.2) is 0 Å². The van der Waals surface area contributed by atoms with Gasteiger partial charge in [0.2, 0.25) is 0 Å². The molecular weight excluding hydrogens is 152 g/mol. The van der Waals surface area contributed by atoms with Gasteiger partial charge in [-0.1, -0.05) is 26.7 Å². The smallest absolute Gasteiger partial charge is 0.158 e. The summed E-state index contributed by atoms with van der Waals surface area (Å²) in [6.45, 7) is 5.82. The summed E-state index contributed by atoms with van der Waals surface area (Å²) in [4.78, 5) is 11.1. The first-order valence-corrected chi connectivity index (χ1v) is 4.66. The van der Waals surface area contributed by atoms with Gasteiger partial charge in [-0.15, -0.1) is 0 Å². The molecule has 0 bridgehead atoms. The third kappa shape index (κ3) is 3.86. The van der Waals surface area contributed by atoms with Crippen molar-refractivity contribution in [2.75, 3.05) is 7.11 Å². The molecule has 2 heteroatoms. The normalized spacial score (nSPS) is 15.7. The van der Waals surface area contributed by atoms with E-state index in [1.165, 1.54) is 12.8 Å². The molecule has 2 atom stereocenters. The Morgan fingerprint density at radius 3 is 2.42 bits per heavy atom. The van der Waals surface area contributed by atoms with Crippen LogP contribution in [0, 0.1) is 5.92 Å². The first-order chi connectivity index (χ1) is 5.63. The van der Waals surface area contributed by atoms with E-state index in [4.69, 9.17) is 4.74 Å². The Balaban J connectivity index is 3.85. The van der Waals surface area contributed by atoms with Gasteiger partial charge in [0.05, 0.1) is 0 Å². The molecule has 72 valence electrons. The minimum absolute atomic E-state index is 0.140. The minimum atomic E-state index is -0.198. The number of ether oxygens (including phenoxy) is 1. The van der Waals surface area contributed by atoms with E-state index in [1.54, 1.807) is 14.0 Å². The molecule has 2 nitrogen and oxygen atoms in total. The molecule has 0 spiro atoms. The summed E-state index contributed by atoms with van der Waals surface area (Å²) in [5, 5.41) is 0. The third-order valence-electron chi connectivity index (χ3n) is 2.18. The Morgan fingerprint density at radius 1 is 1.50 bits per heavy atom. The summed E-state index contributed by atoms with van der Waals surface area (Å²) in [5.41, 5.74) is 0. The van der Waals surface area contributed by atoms with E-state index in [0.717, 1.165) is 6.42 Å². The molecule has 0 radical (unpaired) electrons. The SMILES string of the molecule is CCCCC(C)C(OC)C(C)=O. The Bertz CT molecular complexity index is 132. The molecule has 0 saturated heterocycles. The number of hydrogen-bond acceptors (Lipinski definition) is 2. The zero-order chi connectivity index (χ0) is 9.56. The van der Waals surface area contributed by atoms with Gasteiger partial charge in [-0.2, -0.15) is 0 Å². The van der Waals surface area contributed by atoms with E-state index in [1.807, 2.05) is 0 Å². The van der Waals surface area contributed by atoms with Crippen molar-refractivity contribution < 1.29 is 9.53 Å².